The number of rotatable bonds is 4. The van der Waals surface area contributed by atoms with Crippen LogP contribution in [0.4, 0.5) is 0 Å². The summed E-state index contributed by atoms with van der Waals surface area (Å²) in [5.41, 5.74) is 2.33. The second-order valence-corrected chi connectivity index (χ2v) is 6.23. The third-order valence-electron chi connectivity index (χ3n) is 4.49. The maximum absolute atomic E-state index is 12.6. The van der Waals surface area contributed by atoms with Gasteiger partial charge >= 0.3 is 0 Å². The van der Waals surface area contributed by atoms with E-state index in [2.05, 4.69) is 10.3 Å². The number of methoxy groups -OCH3 is 1. The van der Waals surface area contributed by atoms with Crippen LogP contribution in [-0.2, 0) is 0 Å². The molecule has 1 aromatic heterocycles. The van der Waals surface area contributed by atoms with Gasteiger partial charge in [0.1, 0.15) is 24.7 Å². The van der Waals surface area contributed by atoms with E-state index in [0.29, 0.717) is 24.7 Å². The Hall–Kier alpha value is -3.15. The number of fused-ring (bicyclic) bond motifs is 2. The molecule has 0 saturated heterocycles. The molecule has 1 atom stereocenters. The van der Waals surface area contributed by atoms with Crippen LogP contribution in [-0.4, -0.2) is 31.2 Å². The lowest BCUT2D eigenvalue weighted by atomic mass is 10.1. The molecule has 0 aliphatic carbocycles. The van der Waals surface area contributed by atoms with Gasteiger partial charge in [0.25, 0.3) is 5.91 Å². The number of benzene rings is 2. The standard InChI is InChI=1S/C20H20N2O4/c1-12(13-4-6-18-19(10-13)26-8-7-25-18)21-20(23)17-9-14-3-5-15(24-2)11-16(14)22-17/h3-6,9-12,22H,7-8H2,1-2H3,(H,21,23). The summed E-state index contributed by atoms with van der Waals surface area (Å²) in [6.45, 7) is 3.04. The number of hydrogen-bond donors (Lipinski definition) is 2. The molecule has 26 heavy (non-hydrogen) atoms. The van der Waals surface area contributed by atoms with Gasteiger partial charge in [-0.25, -0.2) is 0 Å². The van der Waals surface area contributed by atoms with E-state index < -0.39 is 0 Å². The number of hydrogen-bond acceptors (Lipinski definition) is 4. The summed E-state index contributed by atoms with van der Waals surface area (Å²) >= 11 is 0. The highest BCUT2D eigenvalue weighted by molar-refractivity contribution is 5.98. The molecule has 0 saturated carbocycles. The lowest BCUT2D eigenvalue weighted by Crippen LogP contribution is -2.27. The van der Waals surface area contributed by atoms with Crippen molar-refractivity contribution >= 4 is 16.8 Å². The Kier molecular flexibility index (Phi) is 4.16. The highest BCUT2D eigenvalue weighted by atomic mass is 16.6. The van der Waals surface area contributed by atoms with Gasteiger partial charge in [0.15, 0.2) is 11.5 Å². The summed E-state index contributed by atoms with van der Waals surface area (Å²) in [5, 5.41) is 3.97. The summed E-state index contributed by atoms with van der Waals surface area (Å²) in [6, 6.07) is 13.1. The van der Waals surface area contributed by atoms with E-state index in [9.17, 15) is 4.79 Å². The van der Waals surface area contributed by atoms with Crippen LogP contribution in [0, 0.1) is 0 Å². The summed E-state index contributed by atoms with van der Waals surface area (Å²) in [5.74, 6) is 2.04. The van der Waals surface area contributed by atoms with Crippen molar-refractivity contribution in [1.29, 1.82) is 0 Å². The predicted molar refractivity (Wildman–Crippen MR) is 98.2 cm³/mol. The molecule has 0 radical (unpaired) electrons. The summed E-state index contributed by atoms with van der Waals surface area (Å²) in [6.07, 6.45) is 0. The van der Waals surface area contributed by atoms with E-state index in [4.69, 9.17) is 14.2 Å². The molecule has 0 spiro atoms. The average Bonchev–Trinajstić information content (AvgIpc) is 3.10. The first-order valence-corrected chi connectivity index (χ1v) is 8.51. The average molecular weight is 352 g/mol. The maximum Gasteiger partial charge on any atom is 0.268 e. The zero-order chi connectivity index (χ0) is 18.1. The number of aromatic nitrogens is 1. The van der Waals surface area contributed by atoms with Crippen molar-refractivity contribution in [2.24, 2.45) is 0 Å². The predicted octanol–water partition coefficient (Wildman–Crippen LogP) is 3.44. The number of H-pyrrole nitrogens is 1. The number of carbonyl (C=O) groups excluding carboxylic acids is 1. The molecule has 1 unspecified atom stereocenters. The van der Waals surface area contributed by atoms with Gasteiger partial charge in [-0.2, -0.15) is 0 Å². The third kappa shape index (κ3) is 3.06. The Morgan fingerprint density at radius 2 is 1.92 bits per heavy atom. The molecule has 3 aromatic rings. The Morgan fingerprint density at radius 1 is 1.12 bits per heavy atom. The molecule has 2 N–H and O–H groups in total. The monoisotopic (exact) mass is 352 g/mol. The van der Waals surface area contributed by atoms with E-state index in [0.717, 1.165) is 28.0 Å². The van der Waals surface area contributed by atoms with Gasteiger partial charge in [-0.15, -0.1) is 0 Å². The largest absolute Gasteiger partial charge is 0.497 e. The molecule has 134 valence electrons. The smallest absolute Gasteiger partial charge is 0.268 e. The highest BCUT2D eigenvalue weighted by Crippen LogP contribution is 2.32. The van der Waals surface area contributed by atoms with Gasteiger partial charge < -0.3 is 24.5 Å². The first-order chi connectivity index (χ1) is 12.6. The summed E-state index contributed by atoms with van der Waals surface area (Å²) < 4.78 is 16.4. The molecule has 1 aliphatic heterocycles. The van der Waals surface area contributed by atoms with Crippen molar-refractivity contribution in [2.75, 3.05) is 20.3 Å². The lowest BCUT2D eigenvalue weighted by Gasteiger charge is -2.21. The van der Waals surface area contributed by atoms with Gasteiger partial charge in [-0.3, -0.25) is 4.79 Å². The van der Waals surface area contributed by atoms with E-state index >= 15 is 0 Å². The van der Waals surface area contributed by atoms with Crippen LogP contribution in [0.3, 0.4) is 0 Å². The van der Waals surface area contributed by atoms with Gasteiger partial charge in [0.05, 0.1) is 13.2 Å². The molecule has 0 fully saturated rings. The molecule has 1 aliphatic rings. The van der Waals surface area contributed by atoms with Crippen LogP contribution in [0.2, 0.25) is 0 Å². The minimum atomic E-state index is -0.167. The number of carbonyl (C=O) groups is 1. The number of nitrogens with one attached hydrogen (secondary N) is 2. The molecular weight excluding hydrogens is 332 g/mol. The van der Waals surface area contributed by atoms with E-state index in [-0.39, 0.29) is 11.9 Å². The van der Waals surface area contributed by atoms with Crippen LogP contribution >= 0.6 is 0 Å². The second kappa shape index (κ2) is 6.63. The molecule has 1 amide bonds. The van der Waals surface area contributed by atoms with Crippen molar-refractivity contribution in [3.8, 4) is 17.2 Å². The van der Waals surface area contributed by atoms with Gasteiger partial charge in [0, 0.05) is 17.0 Å². The number of amides is 1. The van der Waals surface area contributed by atoms with Gasteiger partial charge in [-0.1, -0.05) is 6.07 Å². The van der Waals surface area contributed by atoms with Crippen molar-refractivity contribution in [3.63, 3.8) is 0 Å². The summed E-state index contributed by atoms with van der Waals surface area (Å²) in [7, 11) is 1.62. The highest BCUT2D eigenvalue weighted by Gasteiger charge is 2.17. The van der Waals surface area contributed by atoms with Crippen molar-refractivity contribution < 1.29 is 19.0 Å². The molecular formula is C20H20N2O4. The Balaban J connectivity index is 1.52. The maximum atomic E-state index is 12.6. The topological polar surface area (TPSA) is 72.6 Å². The second-order valence-electron chi connectivity index (χ2n) is 6.23. The molecule has 0 bridgehead atoms. The first kappa shape index (κ1) is 16.3. The van der Waals surface area contributed by atoms with Crippen molar-refractivity contribution in [1.82, 2.24) is 10.3 Å². The van der Waals surface area contributed by atoms with Gasteiger partial charge in [-0.05, 0) is 42.8 Å². The Morgan fingerprint density at radius 3 is 2.73 bits per heavy atom. The minimum absolute atomic E-state index is 0.164. The van der Waals surface area contributed by atoms with Crippen molar-refractivity contribution in [2.45, 2.75) is 13.0 Å². The quantitative estimate of drug-likeness (QED) is 0.754. The van der Waals surface area contributed by atoms with Crippen LogP contribution in [0.5, 0.6) is 17.2 Å². The fraction of sp³-hybridized carbons (Fsp3) is 0.250. The van der Waals surface area contributed by atoms with Gasteiger partial charge in [0.2, 0.25) is 0 Å². The minimum Gasteiger partial charge on any atom is -0.497 e. The zero-order valence-electron chi connectivity index (χ0n) is 14.7. The molecule has 2 heterocycles. The fourth-order valence-electron chi connectivity index (χ4n) is 3.04. The molecule has 4 rings (SSSR count). The Bertz CT molecular complexity index is 964. The van der Waals surface area contributed by atoms with Crippen LogP contribution in [0.1, 0.15) is 29.0 Å². The zero-order valence-corrected chi connectivity index (χ0v) is 14.7. The number of aromatic amines is 1. The lowest BCUT2D eigenvalue weighted by molar-refractivity contribution is 0.0935. The van der Waals surface area contributed by atoms with E-state index in [1.165, 1.54) is 0 Å². The number of ether oxygens (including phenoxy) is 3. The van der Waals surface area contributed by atoms with E-state index in [1.807, 2.05) is 49.4 Å². The normalized spacial score (nSPS) is 14.1. The summed E-state index contributed by atoms with van der Waals surface area (Å²) in [4.78, 5) is 15.8. The molecule has 6 nitrogen and oxygen atoms in total. The molecule has 2 aromatic carbocycles. The first-order valence-electron chi connectivity index (χ1n) is 8.51. The van der Waals surface area contributed by atoms with Crippen molar-refractivity contribution in [3.05, 3.63) is 53.7 Å². The third-order valence-corrected chi connectivity index (χ3v) is 4.49. The van der Waals surface area contributed by atoms with E-state index in [1.54, 1.807) is 7.11 Å². The SMILES string of the molecule is COc1ccc2cc(C(=O)NC(C)c3ccc4c(c3)OCCO4)[nH]c2c1. The molecule has 6 heteroatoms. The van der Waals surface area contributed by atoms with Crippen LogP contribution in [0.15, 0.2) is 42.5 Å². The van der Waals surface area contributed by atoms with Crippen LogP contribution < -0.4 is 19.5 Å². The fourth-order valence-corrected chi connectivity index (χ4v) is 3.04. The van der Waals surface area contributed by atoms with Crippen LogP contribution in [0.25, 0.3) is 10.9 Å². The Labute approximate surface area is 151 Å².